The van der Waals surface area contributed by atoms with Gasteiger partial charge in [0.15, 0.2) is 0 Å². The molecule has 1 heterocycles. The number of aliphatic hydroxyl groups is 1. The van der Waals surface area contributed by atoms with Crippen LogP contribution in [0, 0.1) is 5.41 Å². The van der Waals surface area contributed by atoms with Crippen molar-refractivity contribution in [3.8, 4) is 0 Å². The summed E-state index contributed by atoms with van der Waals surface area (Å²) < 4.78 is 2.09. The molecule has 4 nitrogen and oxygen atoms in total. The lowest BCUT2D eigenvalue weighted by atomic mass is 9.87. The van der Waals surface area contributed by atoms with E-state index in [1.54, 1.807) is 0 Å². The summed E-state index contributed by atoms with van der Waals surface area (Å²) in [4.78, 5) is 0. The molecule has 2 rings (SSSR count). The Kier molecular flexibility index (Phi) is 5.61. The molecule has 1 aliphatic carbocycles. The number of aliphatic hydroxyl groups excluding tert-OH is 1. The third kappa shape index (κ3) is 3.61. The minimum absolute atomic E-state index is 0.123. The summed E-state index contributed by atoms with van der Waals surface area (Å²) in [6.07, 6.45) is 9.15. The van der Waals surface area contributed by atoms with Crippen LogP contribution in [0.25, 0.3) is 0 Å². The summed E-state index contributed by atoms with van der Waals surface area (Å²) in [6.45, 7) is 6.43. The minimum atomic E-state index is 0.123. The summed E-state index contributed by atoms with van der Waals surface area (Å²) >= 11 is 0. The van der Waals surface area contributed by atoms with Crippen LogP contribution in [0.2, 0.25) is 0 Å². The summed E-state index contributed by atoms with van der Waals surface area (Å²) in [7, 11) is 0. The summed E-state index contributed by atoms with van der Waals surface area (Å²) in [5.74, 6) is 0. The first-order valence-corrected chi connectivity index (χ1v) is 8.08. The van der Waals surface area contributed by atoms with Gasteiger partial charge < -0.3 is 10.4 Å². The molecule has 4 heteroatoms. The van der Waals surface area contributed by atoms with Crippen LogP contribution in [0.1, 0.15) is 64.1 Å². The molecule has 0 spiro atoms. The number of hydrogen-bond donors (Lipinski definition) is 2. The molecule has 0 radical (unpaired) electrons. The first kappa shape index (κ1) is 15.5. The van der Waals surface area contributed by atoms with Gasteiger partial charge in [0.2, 0.25) is 0 Å². The van der Waals surface area contributed by atoms with Gasteiger partial charge in [0.25, 0.3) is 0 Å². The molecular weight excluding hydrogens is 250 g/mol. The van der Waals surface area contributed by atoms with E-state index in [1.807, 2.05) is 0 Å². The van der Waals surface area contributed by atoms with Crippen molar-refractivity contribution < 1.29 is 5.11 Å². The highest BCUT2D eigenvalue weighted by molar-refractivity contribution is 5.00. The smallest absolute Gasteiger partial charge is 0.0762 e. The lowest BCUT2D eigenvalue weighted by Crippen LogP contribution is -2.34. The molecule has 114 valence electrons. The van der Waals surface area contributed by atoms with E-state index in [-0.39, 0.29) is 5.41 Å². The fraction of sp³-hybridized carbons (Fsp3) is 0.812. The van der Waals surface area contributed by atoms with Crippen molar-refractivity contribution in [1.82, 2.24) is 15.1 Å². The molecule has 1 aromatic heterocycles. The Morgan fingerprint density at radius 3 is 2.65 bits per heavy atom. The Labute approximate surface area is 122 Å². The van der Waals surface area contributed by atoms with E-state index in [9.17, 15) is 5.11 Å². The van der Waals surface area contributed by atoms with Crippen LogP contribution in [0.5, 0.6) is 0 Å². The third-order valence-electron chi connectivity index (χ3n) is 4.79. The van der Waals surface area contributed by atoms with E-state index in [2.05, 4.69) is 41.2 Å². The number of rotatable bonds is 8. The number of aromatic nitrogens is 2. The SMILES string of the molecule is CCC(CC)n1ccc(CNCC2(CO)CCCC2)n1. The van der Waals surface area contributed by atoms with Crippen molar-refractivity contribution in [3.05, 3.63) is 18.0 Å². The van der Waals surface area contributed by atoms with E-state index in [0.29, 0.717) is 12.6 Å². The van der Waals surface area contributed by atoms with Crippen LogP contribution in [0.4, 0.5) is 0 Å². The van der Waals surface area contributed by atoms with E-state index in [1.165, 1.54) is 12.8 Å². The van der Waals surface area contributed by atoms with Crippen LogP contribution < -0.4 is 5.32 Å². The van der Waals surface area contributed by atoms with E-state index in [0.717, 1.165) is 44.5 Å². The molecule has 0 amide bonds. The van der Waals surface area contributed by atoms with Crippen LogP contribution in [-0.2, 0) is 6.54 Å². The Morgan fingerprint density at radius 1 is 1.35 bits per heavy atom. The second kappa shape index (κ2) is 7.23. The highest BCUT2D eigenvalue weighted by atomic mass is 16.3. The third-order valence-corrected chi connectivity index (χ3v) is 4.79. The highest BCUT2D eigenvalue weighted by Crippen LogP contribution is 2.36. The molecule has 0 saturated heterocycles. The zero-order valence-electron chi connectivity index (χ0n) is 12.9. The highest BCUT2D eigenvalue weighted by Gasteiger charge is 2.32. The Morgan fingerprint density at radius 2 is 2.05 bits per heavy atom. The molecule has 0 bridgehead atoms. The molecule has 0 aliphatic heterocycles. The molecule has 2 N–H and O–H groups in total. The van der Waals surface area contributed by atoms with Crippen molar-refractivity contribution in [3.63, 3.8) is 0 Å². The van der Waals surface area contributed by atoms with Gasteiger partial charge in [0.05, 0.1) is 11.7 Å². The average molecular weight is 279 g/mol. The van der Waals surface area contributed by atoms with E-state index < -0.39 is 0 Å². The molecule has 0 aromatic carbocycles. The zero-order valence-corrected chi connectivity index (χ0v) is 12.9. The van der Waals surface area contributed by atoms with Gasteiger partial charge in [-0.25, -0.2) is 0 Å². The molecular formula is C16H29N3O. The quantitative estimate of drug-likeness (QED) is 0.769. The molecule has 1 aliphatic rings. The average Bonchev–Trinajstić information content (AvgIpc) is 3.11. The first-order chi connectivity index (χ1) is 9.73. The van der Waals surface area contributed by atoms with Gasteiger partial charge in [0.1, 0.15) is 0 Å². The second-order valence-corrected chi connectivity index (χ2v) is 6.23. The lowest BCUT2D eigenvalue weighted by Gasteiger charge is -2.26. The van der Waals surface area contributed by atoms with Crippen molar-refractivity contribution in [2.75, 3.05) is 13.2 Å². The molecule has 0 atom stereocenters. The fourth-order valence-corrected chi connectivity index (χ4v) is 3.31. The van der Waals surface area contributed by atoms with Gasteiger partial charge in [-0.2, -0.15) is 5.10 Å². The van der Waals surface area contributed by atoms with Crippen molar-refractivity contribution in [2.45, 2.75) is 65.0 Å². The predicted molar refractivity (Wildman–Crippen MR) is 81.5 cm³/mol. The Hall–Kier alpha value is -0.870. The summed E-state index contributed by atoms with van der Waals surface area (Å²) in [5, 5.41) is 17.7. The largest absolute Gasteiger partial charge is 0.396 e. The van der Waals surface area contributed by atoms with E-state index in [4.69, 9.17) is 0 Å². The maximum absolute atomic E-state index is 9.59. The van der Waals surface area contributed by atoms with E-state index >= 15 is 0 Å². The molecule has 0 unspecified atom stereocenters. The summed E-state index contributed by atoms with van der Waals surface area (Å²) in [6, 6.07) is 2.62. The number of nitrogens with zero attached hydrogens (tertiary/aromatic N) is 2. The maximum atomic E-state index is 9.59. The summed E-state index contributed by atoms with van der Waals surface area (Å²) in [5.41, 5.74) is 1.22. The van der Waals surface area contributed by atoms with Crippen LogP contribution in [0.15, 0.2) is 12.3 Å². The van der Waals surface area contributed by atoms with Crippen LogP contribution in [0.3, 0.4) is 0 Å². The lowest BCUT2D eigenvalue weighted by molar-refractivity contribution is 0.128. The zero-order chi connectivity index (χ0) is 14.4. The fourth-order valence-electron chi connectivity index (χ4n) is 3.31. The molecule has 1 fully saturated rings. The van der Waals surface area contributed by atoms with Gasteiger partial charge in [-0.15, -0.1) is 0 Å². The van der Waals surface area contributed by atoms with Gasteiger partial charge in [0, 0.05) is 31.3 Å². The standard InChI is InChI=1S/C16H29N3O/c1-3-15(4-2)19-10-7-14(18-19)11-17-12-16(13-20)8-5-6-9-16/h7,10,15,17,20H,3-6,8-9,11-13H2,1-2H3. The van der Waals surface area contributed by atoms with Crippen molar-refractivity contribution >= 4 is 0 Å². The number of hydrogen-bond acceptors (Lipinski definition) is 3. The monoisotopic (exact) mass is 279 g/mol. The second-order valence-electron chi connectivity index (χ2n) is 6.23. The number of nitrogens with one attached hydrogen (secondary N) is 1. The Bertz CT molecular complexity index is 392. The van der Waals surface area contributed by atoms with Gasteiger partial charge >= 0.3 is 0 Å². The van der Waals surface area contributed by atoms with Gasteiger partial charge in [-0.3, -0.25) is 4.68 Å². The topological polar surface area (TPSA) is 50.1 Å². The molecule has 1 aromatic rings. The predicted octanol–water partition coefficient (Wildman–Crippen LogP) is 2.89. The molecule has 1 saturated carbocycles. The Balaban J connectivity index is 1.82. The normalized spacial score (nSPS) is 18.0. The molecule has 20 heavy (non-hydrogen) atoms. The van der Waals surface area contributed by atoms with Gasteiger partial charge in [-0.05, 0) is 31.7 Å². The maximum Gasteiger partial charge on any atom is 0.0762 e. The van der Waals surface area contributed by atoms with Crippen molar-refractivity contribution in [2.24, 2.45) is 5.41 Å². The van der Waals surface area contributed by atoms with Crippen LogP contribution in [-0.4, -0.2) is 28.0 Å². The minimum Gasteiger partial charge on any atom is -0.396 e. The van der Waals surface area contributed by atoms with Gasteiger partial charge in [-0.1, -0.05) is 26.7 Å². The first-order valence-electron chi connectivity index (χ1n) is 8.08. The van der Waals surface area contributed by atoms with Crippen molar-refractivity contribution in [1.29, 1.82) is 0 Å². The van der Waals surface area contributed by atoms with Crippen LogP contribution >= 0.6 is 0 Å².